The van der Waals surface area contributed by atoms with Gasteiger partial charge in [-0.3, -0.25) is 9.69 Å². The van der Waals surface area contributed by atoms with Gasteiger partial charge in [-0.25, -0.2) is 0 Å². The number of ketones is 1. The molecule has 1 aliphatic rings. The van der Waals surface area contributed by atoms with Crippen molar-refractivity contribution >= 4 is 21.7 Å². The summed E-state index contributed by atoms with van der Waals surface area (Å²) in [6, 6.07) is 7.55. The second-order valence-electron chi connectivity index (χ2n) is 3.96. The average molecular weight is 283 g/mol. The van der Waals surface area contributed by atoms with Crippen molar-refractivity contribution in [3.8, 4) is 0 Å². The molecule has 0 unspecified atom stereocenters. The topological polar surface area (TPSA) is 32.3 Å². The lowest BCUT2D eigenvalue weighted by Crippen LogP contribution is -2.45. The molecule has 0 bridgehead atoms. The highest BCUT2D eigenvalue weighted by Gasteiger charge is 2.14. The fraction of sp³-hybridized carbons (Fsp3) is 0.417. The monoisotopic (exact) mass is 282 g/mol. The molecule has 1 aromatic carbocycles. The molecule has 16 heavy (non-hydrogen) atoms. The Balaban J connectivity index is 1.94. The van der Waals surface area contributed by atoms with E-state index in [0.29, 0.717) is 6.54 Å². The van der Waals surface area contributed by atoms with Crippen LogP contribution >= 0.6 is 15.9 Å². The number of carbonyl (C=O) groups excluding carboxylic acids is 1. The Morgan fingerprint density at radius 2 is 1.88 bits per heavy atom. The normalized spacial score (nSPS) is 17.3. The van der Waals surface area contributed by atoms with E-state index in [1.807, 2.05) is 24.3 Å². The maximum absolute atomic E-state index is 11.9. The first kappa shape index (κ1) is 11.8. The average Bonchev–Trinajstić information content (AvgIpc) is 2.31. The quantitative estimate of drug-likeness (QED) is 0.854. The largest absolute Gasteiger partial charge is 0.314 e. The number of piperazine rings is 1. The predicted molar refractivity (Wildman–Crippen MR) is 67.8 cm³/mol. The maximum atomic E-state index is 11.9. The summed E-state index contributed by atoms with van der Waals surface area (Å²) in [6.45, 7) is 4.41. The van der Waals surface area contributed by atoms with Crippen LogP contribution in [-0.2, 0) is 0 Å². The number of hydrogen-bond acceptors (Lipinski definition) is 3. The van der Waals surface area contributed by atoms with Gasteiger partial charge in [-0.1, -0.05) is 28.1 Å². The van der Waals surface area contributed by atoms with Crippen LogP contribution < -0.4 is 5.32 Å². The number of hydrogen-bond donors (Lipinski definition) is 1. The number of nitrogens with one attached hydrogen (secondary N) is 1. The number of halogens is 1. The third kappa shape index (κ3) is 3.14. The van der Waals surface area contributed by atoms with Crippen molar-refractivity contribution in [2.24, 2.45) is 0 Å². The van der Waals surface area contributed by atoms with E-state index in [4.69, 9.17) is 0 Å². The zero-order chi connectivity index (χ0) is 11.4. The summed E-state index contributed by atoms with van der Waals surface area (Å²) in [6.07, 6.45) is 0. The van der Waals surface area contributed by atoms with Crippen molar-refractivity contribution in [2.75, 3.05) is 32.7 Å². The highest BCUT2D eigenvalue weighted by atomic mass is 79.9. The molecule has 1 N–H and O–H groups in total. The fourth-order valence-electron chi connectivity index (χ4n) is 1.80. The molecule has 1 aromatic rings. The number of nitrogens with zero attached hydrogens (tertiary/aromatic N) is 1. The van der Waals surface area contributed by atoms with Crippen LogP contribution in [0.2, 0.25) is 0 Å². The van der Waals surface area contributed by atoms with Crippen molar-refractivity contribution in [3.63, 3.8) is 0 Å². The molecule has 0 radical (unpaired) electrons. The van der Waals surface area contributed by atoms with Gasteiger partial charge >= 0.3 is 0 Å². The Labute approximate surface area is 104 Å². The summed E-state index contributed by atoms with van der Waals surface area (Å²) in [4.78, 5) is 14.1. The third-order valence-corrected chi connectivity index (χ3v) is 3.27. The minimum absolute atomic E-state index is 0.203. The van der Waals surface area contributed by atoms with E-state index in [-0.39, 0.29) is 5.78 Å². The van der Waals surface area contributed by atoms with Gasteiger partial charge in [0, 0.05) is 36.2 Å². The van der Waals surface area contributed by atoms with Gasteiger partial charge in [-0.15, -0.1) is 0 Å². The van der Waals surface area contributed by atoms with Crippen LogP contribution in [0.3, 0.4) is 0 Å². The molecular weight excluding hydrogens is 268 g/mol. The Hall–Kier alpha value is -0.710. The molecule has 0 atom stereocenters. The van der Waals surface area contributed by atoms with Gasteiger partial charge in [0.15, 0.2) is 5.78 Å². The van der Waals surface area contributed by atoms with Crippen molar-refractivity contribution in [2.45, 2.75) is 0 Å². The van der Waals surface area contributed by atoms with Crippen LogP contribution in [0.15, 0.2) is 28.7 Å². The lowest BCUT2D eigenvalue weighted by molar-refractivity contribution is 0.0921. The molecule has 1 saturated heterocycles. The van der Waals surface area contributed by atoms with E-state index in [0.717, 1.165) is 36.2 Å². The molecule has 0 saturated carbocycles. The van der Waals surface area contributed by atoms with Crippen LogP contribution in [0.1, 0.15) is 10.4 Å². The summed E-state index contributed by atoms with van der Waals surface area (Å²) in [5, 5.41) is 3.28. The van der Waals surface area contributed by atoms with Crippen LogP contribution in [0.5, 0.6) is 0 Å². The Kier molecular flexibility index (Phi) is 4.09. The molecule has 4 heteroatoms. The molecule has 0 aliphatic carbocycles. The van der Waals surface area contributed by atoms with Crippen molar-refractivity contribution < 1.29 is 4.79 Å². The van der Waals surface area contributed by atoms with Crippen molar-refractivity contribution in [1.82, 2.24) is 10.2 Å². The molecule has 0 amide bonds. The highest BCUT2D eigenvalue weighted by molar-refractivity contribution is 9.10. The number of rotatable bonds is 3. The highest BCUT2D eigenvalue weighted by Crippen LogP contribution is 2.11. The molecule has 1 heterocycles. The molecule has 86 valence electrons. The molecule has 2 rings (SSSR count). The van der Waals surface area contributed by atoms with Gasteiger partial charge in [0.25, 0.3) is 0 Å². The molecule has 0 spiro atoms. The van der Waals surface area contributed by atoms with E-state index in [1.54, 1.807) is 0 Å². The van der Waals surface area contributed by atoms with Gasteiger partial charge in [0.1, 0.15) is 0 Å². The lowest BCUT2D eigenvalue weighted by atomic mass is 10.1. The Morgan fingerprint density at radius 3 is 2.50 bits per heavy atom. The first-order valence-electron chi connectivity index (χ1n) is 5.47. The lowest BCUT2D eigenvalue weighted by Gasteiger charge is -2.26. The SMILES string of the molecule is O=C(CN1CCNCC1)c1ccc(Br)cc1. The van der Waals surface area contributed by atoms with E-state index in [1.165, 1.54) is 0 Å². The number of Topliss-reactive ketones (excluding diaryl/α,β-unsaturated/α-hetero) is 1. The van der Waals surface area contributed by atoms with Crippen molar-refractivity contribution in [1.29, 1.82) is 0 Å². The maximum Gasteiger partial charge on any atom is 0.176 e. The van der Waals surface area contributed by atoms with Crippen LogP contribution in [0.25, 0.3) is 0 Å². The second kappa shape index (κ2) is 5.57. The van der Waals surface area contributed by atoms with Crippen LogP contribution in [-0.4, -0.2) is 43.4 Å². The van der Waals surface area contributed by atoms with Gasteiger partial charge in [0.2, 0.25) is 0 Å². The number of benzene rings is 1. The Morgan fingerprint density at radius 1 is 1.25 bits per heavy atom. The fourth-order valence-corrected chi connectivity index (χ4v) is 2.06. The molecule has 0 aromatic heterocycles. The molecule has 3 nitrogen and oxygen atoms in total. The Bertz CT molecular complexity index is 358. The minimum Gasteiger partial charge on any atom is -0.314 e. The van der Waals surface area contributed by atoms with E-state index in [9.17, 15) is 4.79 Å². The summed E-state index contributed by atoms with van der Waals surface area (Å²) >= 11 is 3.36. The summed E-state index contributed by atoms with van der Waals surface area (Å²) in [7, 11) is 0. The smallest absolute Gasteiger partial charge is 0.176 e. The van der Waals surface area contributed by atoms with Gasteiger partial charge in [-0.05, 0) is 12.1 Å². The van der Waals surface area contributed by atoms with Crippen molar-refractivity contribution in [3.05, 3.63) is 34.3 Å². The second-order valence-corrected chi connectivity index (χ2v) is 4.87. The van der Waals surface area contributed by atoms with Crippen LogP contribution in [0, 0.1) is 0 Å². The van der Waals surface area contributed by atoms with Gasteiger partial charge in [0.05, 0.1) is 6.54 Å². The minimum atomic E-state index is 0.203. The predicted octanol–water partition coefficient (Wildman–Crippen LogP) is 1.54. The molecule has 1 fully saturated rings. The number of carbonyl (C=O) groups is 1. The summed E-state index contributed by atoms with van der Waals surface area (Å²) < 4.78 is 1.01. The summed E-state index contributed by atoms with van der Waals surface area (Å²) in [5.74, 6) is 0.203. The molecular formula is C12H15BrN2O. The summed E-state index contributed by atoms with van der Waals surface area (Å²) in [5.41, 5.74) is 0.793. The van der Waals surface area contributed by atoms with E-state index < -0.39 is 0 Å². The van der Waals surface area contributed by atoms with Gasteiger partial charge < -0.3 is 5.32 Å². The zero-order valence-corrected chi connectivity index (χ0v) is 10.7. The van der Waals surface area contributed by atoms with E-state index >= 15 is 0 Å². The van der Waals surface area contributed by atoms with Crippen LogP contribution in [0.4, 0.5) is 0 Å². The first-order valence-corrected chi connectivity index (χ1v) is 6.27. The van der Waals surface area contributed by atoms with Gasteiger partial charge in [-0.2, -0.15) is 0 Å². The zero-order valence-electron chi connectivity index (χ0n) is 9.08. The molecule has 1 aliphatic heterocycles. The third-order valence-electron chi connectivity index (χ3n) is 2.74. The first-order chi connectivity index (χ1) is 7.75. The standard InChI is InChI=1S/C12H15BrN2O/c13-11-3-1-10(2-4-11)12(16)9-15-7-5-14-6-8-15/h1-4,14H,5-9H2. The van der Waals surface area contributed by atoms with E-state index in [2.05, 4.69) is 26.1 Å².